The van der Waals surface area contributed by atoms with Gasteiger partial charge in [-0.1, -0.05) is 31.4 Å². The molecule has 2 radical (unpaired) electrons. The van der Waals surface area contributed by atoms with Crippen LogP contribution in [0.4, 0.5) is 0 Å². The molecule has 0 aliphatic carbocycles. The monoisotopic (exact) mass is 242 g/mol. The molecule has 0 rings (SSSR count). The summed E-state index contributed by atoms with van der Waals surface area (Å²) in [5.41, 5.74) is 4.13. The van der Waals surface area contributed by atoms with Gasteiger partial charge in [-0.05, 0) is 12.6 Å². The highest BCUT2D eigenvalue weighted by molar-refractivity contribution is 6.93. The van der Waals surface area contributed by atoms with Crippen molar-refractivity contribution >= 4 is 26.3 Å². The van der Waals surface area contributed by atoms with Crippen LogP contribution < -0.4 is 9.30 Å². The summed E-state index contributed by atoms with van der Waals surface area (Å²) in [5, 5.41) is 0. The summed E-state index contributed by atoms with van der Waals surface area (Å²) < 4.78 is 7.42. The molecule has 2 nitrogen and oxygen atoms in total. The molecule has 5 heteroatoms. The van der Waals surface area contributed by atoms with Gasteiger partial charge in [0.25, 0.3) is 0 Å². The van der Waals surface area contributed by atoms with Gasteiger partial charge in [-0.2, -0.15) is 0 Å². The Kier molecular flexibility index (Phi) is 6.54. The first-order valence-electron chi connectivity index (χ1n) is 4.95. The average molecular weight is 243 g/mol. The molecule has 2 N–H and O–H groups in total. The molecule has 0 aliphatic rings. The molecule has 0 amide bonds. The second kappa shape index (κ2) is 6.52. The minimum Gasteiger partial charge on any atom is -0.345 e. The Hall–Kier alpha value is 0.0506. The Morgan fingerprint density at radius 3 is 2.21 bits per heavy atom. The molecule has 0 aromatic heterocycles. The van der Waals surface area contributed by atoms with Crippen LogP contribution in [-0.4, -0.2) is 26.3 Å². The van der Waals surface area contributed by atoms with Gasteiger partial charge in [0.05, 0.1) is 0 Å². The van der Waals surface area contributed by atoms with Gasteiger partial charge in [0.1, 0.15) is 8.96 Å². The SMILES string of the molecule is C=C[Si](C)N[Si](C)(C=C)N[Si](C)CC. The van der Waals surface area contributed by atoms with Crippen molar-refractivity contribution in [3.05, 3.63) is 24.6 Å². The van der Waals surface area contributed by atoms with Crippen LogP contribution in [0.25, 0.3) is 0 Å². The van der Waals surface area contributed by atoms with Crippen LogP contribution in [0.15, 0.2) is 24.6 Å². The van der Waals surface area contributed by atoms with E-state index in [9.17, 15) is 0 Å². The lowest BCUT2D eigenvalue weighted by Gasteiger charge is -2.30. The summed E-state index contributed by atoms with van der Waals surface area (Å²) in [6, 6.07) is 1.25. The molecule has 0 fully saturated rings. The Morgan fingerprint density at radius 1 is 1.29 bits per heavy atom. The first kappa shape index (κ1) is 14.1. The fraction of sp³-hybridized carbons (Fsp3) is 0.556. The maximum atomic E-state index is 3.94. The van der Waals surface area contributed by atoms with E-state index in [2.05, 4.69) is 54.7 Å². The smallest absolute Gasteiger partial charge is 0.210 e. The van der Waals surface area contributed by atoms with E-state index in [1.54, 1.807) is 0 Å². The zero-order valence-electron chi connectivity index (χ0n) is 9.78. The van der Waals surface area contributed by atoms with Crippen LogP contribution in [0.2, 0.25) is 25.7 Å². The molecule has 0 aromatic carbocycles. The Morgan fingerprint density at radius 2 is 1.86 bits per heavy atom. The third-order valence-corrected chi connectivity index (χ3v) is 12.1. The maximum absolute atomic E-state index is 3.94. The molecular weight excluding hydrogens is 220 g/mol. The highest BCUT2D eigenvalue weighted by Crippen LogP contribution is 1.99. The molecule has 1 unspecified atom stereocenters. The van der Waals surface area contributed by atoms with E-state index >= 15 is 0 Å². The fourth-order valence-electron chi connectivity index (χ4n) is 1.13. The standard InChI is InChI=1S/C9H22N2Si3/c1-7-12(4)10-14(6,9-3)11-13(5)8-2/h7,9-11H,1,3,8H2,2,4-6H3. The van der Waals surface area contributed by atoms with Gasteiger partial charge in [0.2, 0.25) is 8.40 Å². The summed E-state index contributed by atoms with van der Waals surface area (Å²) in [6.07, 6.45) is 0. The van der Waals surface area contributed by atoms with Gasteiger partial charge in [-0.15, -0.1) is 13.2 Å². The molecule has 0 saturated heterocycles. The summed E-state index contributed by atoms with van der Waals surface area (Å²) in [4.78, 5) is 0. The number of rotatable bonds is 7. The molecular formula is C9H22N2Si3. The molecule has 0 saturated carbocycles. The molecule has 0 bridgehead atoms. The van der Waals surface area contributed by atoms with Crippen molar-refractivity contribution in [2.24, 2.45) is 0 Å². The van der Waals surface area contributed by atoms with E-state index in [0.717, 1.165) is 0 Å². The highest BCUT2D eigenvalue weighted by atomic mass is 28.4. The van der Waals surface area contributed by atoms with E-state index in [-0.39, 0.29) is 0 Å². The molecule has 80 valence electrons. The van der Waals surface area contributed by atoms with Crippen molar-refractivity contribution in [2.45, 2.75) is 32.6 Å². The van der Waals surface area contributed by atoms with Crippen molar-refractivity contribution in [3.63, 3.8) is 0 Å². The molecule has 0 aliphatic heterocycles. The number of hydrogen-bond donors (Lipinski definition) is 2. The normalized spacial score (nSPS) is 15.6. The minimum absolute atomic E-state index is 0.391. The second-order valence-corrected chi connectivity index (χ2v) is 12.5. The van der Waals surface area contributed by atoms with Crippen LogP contribution in [-0.2, 0) is 0 Å². The van der Waals surface area contributed by atoms with E-state index in [1.165, 1.54) is 6.04 Å². The first-order chi connectivity index (χ1) is 6.47. The Bertz CT molecular complexity index is 198. The van der Waals surface area contributed by atoms with Gasteiger partial charge >= 0.3 is 0 Å². The Balaban J connectivity index is 4.31. The van der Waals surface area contributed by atoms with Gasteiger partial charge < -0.3 is 9.30 Å². The third-order valence-electron chi connectivity index (χ3n) is 2.17. The topological polar surface area (TPSA) is 24.1 Å². The number of nitrogens with one attached hydrogen (secondary N) is 2. The van der Waals surface area contributed by atoms with Crippen LogP contribution >= 0.6 is 0 Å². The second-order valence-electron chi connectivity index (χ2n) is 3.68. The predicted molar refractivity (Wildman–Crippen MR) is 72.0 cm³/mol. The molecule has 0 aromatic rings. The van der Waals surface area contributed by atoms with Crippen molar-refractivity contribution in [3.8, 4) is 0 Å². The molecule has 0 heterocycles. The Labute approximate surface area is 93.0 Å². The fourth-order valence-corrected chi connectivity index (χ4v) is 10.7. The highest BCUT2D eigenvalue weighted by Gasteiger charge is 2.26. The largest absolute Gasteiger partial charge is 0.345 e. The molecule has 1 atom stereocenters. The summed E-state index contributed by atoms with van der Waals surface area (Å²) >= 11 is 0. The van der Waals surface area contributed by atoms with E-state index < -0.39 is 26.3 Å². The van der Waals surface area contributed by atoms with E-state index in [1.807, 2.05) is 5.70 Å². The van der Waals surface area contributed by atoms with Crippen molar-refractivity contribution < 1.29 is 0 Å². The molecule has 14 heavy (non-hydrogen) atoms. The molecule has 0 spiro atoms. The zero-order valence-corrected chi connectivity index (χ0v) is 12.8. The lowest BCUT2D eigenvalue weighted by molar-refractivity contribution is 1.22. The van der Waals surface area contributed by atoms with Gasteiger partial charge in [-0.3, -0.25) is 0 Å². The average Bonchev–Trinajstić information content (AvgIpc) is 2.17. The predicted octanol–water partition coefficient (Wildman–Crippen LogP) is 1.95. The van der Waals surface area contributed by atoms with Gasteiger partial charge in [0, 0.05) is 0 Å². The summed E-state index contributed by atoms with van der Waals surface area (Å²) in [5.74, 6) is 0. The van der Waals surface area contributed by atoms with E-state index in [4.69, 9.17) is 0 Å². The van der Waals surface area contributed by atoms with Crippen molar-refractivity contribution in [2.75, 3.05) is 0 Å². The van der Waals surface area contributed by atoms with Gasteiger partial charge in [-0.25, -0.2) is 0 Å². The van der Waals surface area contributed by atoms with Crippen LogP contribution in [0.1, 0.15) is 6.92 Å². The quantitative estimate of drug-likeness (QED) is 0.667. The van der Waals surface area contributed by atoms with Crippen LogP contribution in [0.5, 0.6) is 0 Å². The van der Waals surface area contributed by atoms with E-state index in [0.29, 0.717) is 0 Å². The zero-order chi connectivity index (χ0) is 11.2. The minimum atomic E-state index is -1.61. The summed E-state index contributed by atoms with van der Waals surface area (Å²) in [7, 11) is -2.59. The maximum Gasteiger partial charge on any atom is 0.210 e. The lowest BCUT2D eigenvalue weighted by atomic mass is 11.0. The first-order valence-corrected chi connectivity index (χ1v) is 11.8. The third kappa shape index (κ3) is 5.06. The van der Waals surface area contributed by atoms with Crippen LogP contribution in [0, 0.1) is 0 Å². The summed E-state index contributed by atoms with van der Waals surface area (Å²) in [6.45, 7) is 16.8. The lowest BCUT2D eigenvalue weighted by Crippen LogP contribution is -2.65. The van der Waals surface area contributed by atoms with Crippen molar-refractivity contribution in [1.29, 1.82) is 0 Å². The number of hydrogen-bond acceptors (Lipinski definition) is 2. The van der Waals surface area contributed by atoms with Crippen LogP contribution in [0.3, 0.4) is 0 Å². The van der Waals surface area contributed by atoms with Gasteiger partial charge in [0.15, 0.2) is 8.96 Å². The van der Waals surface area contributed by atoms with Crippen molar-refractivity contribution in [1.82, 2.24) is 9.30 Å².